The number of ether oxygens (including phenoxy) is 1. The Kier molecular flexibility index (Phi) is 3.75. The number of likely N-dealkylation sites (tertiary alicyclic amines) is 1. The lowest BCUT2D eigenvalue weighted by Crippen LogP contribution is -2.45. The number of aliphatic hydroxyl groups excluding tert-OH is 2. The van der Waals surface area contributed by atoms with Crippen LogP contribution in [0.2, 0.25) is 0 Å². The van der Waals surface area contributed by atoms with Crippen LogP contribution in [0.4, 0.5) is 0 Å². The summed E-state index contributed by atoms with van der Waals surface area (Å²) < 4.78 is 5.17. The summed E-state index contributed by atoms with van der Waals surface area (Å²) in [5.74, 6) is 0.0459. The van der Waals surface area contributed by atoms with E-state index in [-0.39, 0.29) is 12.5 Å². The number of carbonyl (C=O) groups excluding carboxylic acids is 1. The summed E-state index contributed by atoms with van der Waals surface area (Å²) in [5.41, 5.74) is 0. The molecule has 2 atom stereocenters. The Morgan fingerprint density at radius 1 is 1.19 bits per heavy atom. The Labute approximate surface area is 94.4 Å². The average molecular weight is 230 g/mol. The highest BCUT2D eigenvalue weighted by molar-refractivity contribution is 5.78. The zero-order valence-electron chi connectivity index (χ0n) is 9.21. The summed E-state index contributed by atoms with van der Waals surface area (Å²) in [4.78, 5) is 15.4. The molecule has 0 bridgehead atoms. The van der Waals surface area contributed by atoms with E-state index in [1.165, 1.54) is 0 Å². The maximum absolute atomic E-state index is 11.8. The third-order valence-electron chi connectivity index (χ3n) is 3.06. The zero-order chi connectivity index (χ0) is 11.5. The monoisotopic (exact) mass is 230 g/mol. The molecule has 0 unspecified atom stereocenters. The van der Waals surface area contributed by atoms with Gasteiger partial charge in [-0.1, -0.05) is 0 Å². The summed E-state index contributed by atoms with van der Waals surface area (Å²) in [6.45, 7) is 3.48. The van der Waals surface area contributed by atoms with Crippen LogP contribution in [-0.4, -0.2) is 84.1 Å². The average Bonchev–Trinajstić information content (AvgIpc) is 2.59. The molecule has 0 aromatic carbocycles. The predicted molar refractivity (Wildman–Crippen MR) is 55.9 cm³/mol. The van der Waals surface area contributed by atoms with Crippen LogP contribution in [0.25, 0.3) is 0 Å². The van der Waals surface area contributed by atoms with E-state index in [4.69, 9.17) is 4.74 Å². The molecule has 2 fully saturated rings. The van der Waals surface area contributed by atoms with Crippen molar-refractivity contribution >= 4 is 5.91 Å². The number of nitrogens with zero attached hydrogens (tertiary/aromatic N) is 2. The zero-order valence-corrected chi connectivity index (χ0v) is 9.21. The van der Waals surface area contributed by atoms with Crippen molar-refractivity contribution in [1.82, 2.24) is 9.80 Å². The molecule has 0 aliphatic carbocycles. The van der Waals surface area contributed by atoms with Gasteiger partial charge in [-0.15, -0.1) is 0 Å². The van der Waals surface area contributed by atoms with Crippen molar-refractivity contribution in [2.24, 2.45) is 0 Å². The molecule has 0 aromatic rings. The second-order valence-corrected chi connectivity index (χ2v) is 4.32. The number of amides is 1. The van der Waals surface area contributed by atoms with Crippen LogP contribution in [0.1, 0.15) is 0 Å². The minimum atomic E-state index is -0.725. The summed E-state index contributed by atoms with van der Waals surface area (Å²) >= 11 is 0. The van der Waals surface area contributed by atoms with Crippen molar-refractivity contribution in [2.45, 2.75) is 12.2 Å². The lowest BCUT2D eigenvalue weighted by Gasteiger charge is -2.28. The predicted octanol–water partition coefficient (Wildman–Crippen LogP) is -2.12. The molecule has 0 saturated carbocycles. The standard InChI is InChI=1S/C10H18N2O4/c13-8-5-11(6-9(8)14)7-10(15)12-1-3-16-4-2-12/h8-9,13-14H,1-7H2/t8-,9+. The highest BCUT2D eigenvalue weighted by Gasteiger charge is 2.31. The Morgan fingerprint density at radius 2 is 1.75 bits per heavy atom. The number of β-amino-alcohol motifs (C(OH)–C–C–N with tert-alkyl or cyclic N) is 2. The maximum Gasteiger partial charge on any atom is 0.236 e. The molecule has 2 N–H and O–H groups in total. The molecule has 0 radical (unpaired) electrons. The van der Waals surface area contributed by atoms with E-state index in [1.807, 2.05) is 0 Å². The van der Waals surface area contributed by atoms with Gasteiger partial charge >= 0.3 is 0 Å². The first-order chi connectivity index (χ1) is 7.66. The first kappa shape index (κ1) is 11.8. The largest absolute Gasteiger partial charge is 0.389 e. The molecule has 2 aliphatic rings. The molecule has 2 heterocycles. The Bertz CT molecular complexity index is 245. The van der Waals surface area contributed by atoms with Crippen molar-refractivity contribution in [3.8, 4) is 0 Å². The Balaban J connectivity index is 1.78. The smallest absolute Gasteiger partial charge is 0.236 e. The summed E-state index contributed by atoms with van der Waals surface area (Å²) in [6, 6.07) is 0. The number of carbonyl (C=O) groups is 1. The van der Waals surface area contributed by atoms with Crippen LogP contribution >= 0.6 is 0 Å². The van der Waals surface area contributed by atoms with E-state index in [2.05, 4.69) is 0 Å². The fourth-order valence-electron chi connectivity index (χ4n) is 2.08. The van der Waals surface area contributed by atoms with Crippen LogP contribution < -0.4 is 0 Å². The minimum Gasteiger partial charge on any atom is -0.389 e. The van der Waals surface area contributed by atoms with Gasteiger partial charge in [0.2, 0.25) is 5.91 Å². The minimum absolute atomic E-state index is 0.0459. The molecule has 16 heavy (non-hydrogen) atoms. The van der Waals surface area contributed by atoms with Crippen LogP contribution in [0.15, 0.2) is 0 Å². The lowest BCUT2D eigenvalue weighted by molar-refractivity contribution is -0.136. The molecule has 2 aliphatic heterocycles. The topological polar surface area (TPSA) is 73.2 Å². The number of aliphatic hydroxyl groups is 2. The molecule has 0 aromatic heterocycles. The number of rotatable bonds is 2. The first-order valence-electron chi connectivity index (χ1n) is 5.61. The van der Waals surface area contributed by atoms with E-state index >= 15 is 0 Å². The molecule has 1 amide bonds. The van der Waals surface area contributed by atoms with Gasteiger partial charge in [0.05, 0.1) is 32.0 Å². The molecule has 2 saturated heterocycles. The highest BCUT2D eigenvalue weighted by atomic mass is 16.5. The van der Waals surface area contributed by atoms with Crippen molar-refractivity contribution < 1.29 is 19.7 Å². The van der Waals surface area contributed by atoms with Gasteiger partial charge in [-0.3, -0.25) is 9.69 Å². The van der Waals surface area contributed by atoms with Crippen LogP contribution in [0.5, 0.6) is 0 Å². The second-order valence-electron chi connectivity index (χ2n) is 4.32. The van der Waals surface area contributed by atoms with E-state index < -0.39 is 12.2 Å². The molecule has 0 spiro atoms. The van der Waals surface area contributed by atoms with Gasteiger partial charge in [-0.2, -0.15) is 0 Å². The Morgan fingerprint density at radius 3 is 2.31 bits per heavy atom. The Hall–Kier alpha value is -0.690. The van der Waals surface area contributed by atoms with E-state index in [0.717, 1.165) is 0 Å². The fourth-order valence-corrected chi connectivity index (χ4v) is 2.08. The third kappa shape index (κ3) is 2.70. The van der Waals surface area contributed by atoms with Crippen LogP contribution in [0, 0.1) is 0 Å². The second kappa shape index (κ2) is 5.09. The molecule has 2 rings (SSSR count). The SMILES string of the molecule is O=C(CN1C[C@@H](O)[C@@H](O)C1)N1CCOCC1. The van der Waals surface area contributed by atoms with Crippen molar-refractivity contribution in [1.29, 1.82) is 0 Å². The third-order valence-corrected chi connectivity index (χ3v) is 3.06. The number of morpholine rings is 1. The number of hydrogen-bond acceptors (Lipinski definition) is 5. The van der Waals surface area contributed by atoms with Gasteiger partial charge in [0.1, 0.15) is 0 Å². The van der Waals surface area contributed by atoms with E-state index in [1.54, 1.807) is 9.80 Å². The lowest BCUT2D eigenvalue weighted by atomic mass is 10.3. The summed E-state index contributed by atoms with van der Waals surface area (Å²) in [6.07, 6.45) is -1.45. The normalized spacial score (nSPS) is 32.0. The fraction of sp³-hybridized carbons (Fsp3) is 0.900. The summed E-state index contributed by atoms with van der Waals surface area (Å²) in [7, 11) is 0. The van der Waals surface area contributed by atoms with Gasteiger partial charge in [0, 0.05) is 26.2 Å². The van der Waals surface area contributed by atoms with Gasteiger partial charge < -0.3 is 19.8 Å². The highest BCUT2D eigenvalue weighted by Crippen LogP contribution is 2.10. The quantitative estimate of drug-likeness (QED) is 0.567. The number of hydrogen-bond donors (Lipinski definition) is 2. The summed E-state index contributed by atoms with van der Waals surface area (Å²) in [5, 5.41) is 18.7. The maximum atomic E-state index is 11.8. The molecule has 92 valence electrons. The van der Waals surface area contributed by atoms with Gasteiger partial charge in [0.15, 0.2) is 0 Å². The van der Waals surface area contributed by atoms with Crippen LogP contribution in [0.3, 0.4) is 0 Å². The first-order valence-corrected chi connectivity index (χ1v) is 5.61. The van der Waals surface area contributed by atoms with Gasteiger partial charge in [0.25, 0.3) is 0 Å². The molecule has 6 heteroatoms. The molecular weight excluding hydrogens is 212 g/mol. The van der Waals surface area contributed by atoms with Crippen LogP contribution in [-0.2, 0) is 9.53 Å². The van der Waals surface area contributed by atoms with E-state index in [9.17, 15) is 15.0 Å². The van der Waals surface area contributed by atoms with Gasteiger partial charge in [-0.05, 0) is 0 Å². The van der Waals surface area contributed by atoms with Crippen molar-refractivity contribution in [3.05, 3.63) is 0 Å². The van der Waals surface area contributed by atoms with Crippen molar-refractivity contribution in [2.75, 3.05) is 45.9 Å². The molecular formula is C10H18N2O4. The van der Waals surface area contributed by atoms with Crippen molar-refractivity contribution in [3.63, 3.8) is 0 Å². The van der Waals surface area contributed by atoms with Gasteiger partial charge in [-0.25, -0.2) is 0 Å². The molecule has 6 nitrogen and oxygen atoms in total. The van der Waals surface area contributed by atoms with E-state index in [0.29, 0.717) is 39.4 Å².